The molecule has 500 valence electrons. The van der Waals surface area contributed by atoms with Crippen LogP contribution in [0.25, 0.3) is 39.5 Å². The molecule has 2 aromatic carbocycles. The number of benzene rings is 3. The molecule has 1 fully saturated rings. The number of aliphatic hydroxyl groups is 1. The Balaban J connectivity index is 0.875. The lowest BCUT2D eigenvalue weighted by molar-refractivity contribution is -0.498. The summed E-state index contributed by atoms with van der Waals surface area (Å²) in [5, 5.41) is 21.6. The molecule has 2 aliphatic heterocycles. The van der Waals surface area contributed by atoms with Crippen molar-refractivity contribution in [1.82, 2.24) is 30.4 Å². The van der Waals surface area contributed by atoms with Gasteiger partial charge in [-0.1, -0.05) is 43.2 Å². The molecule has 1 aromatic heterocycles. The van der Waals surface area contributed by atoms with Crippen LogP contribution in [0.5, 0.6) is 0 Å². The zero-order chi connectivity index (χ0) is 67.1. The number of H-pyrrole nitrogens is 1. The van der Waals surface area contributed by atoms with E-state index in [1.807, 2.05) is 0 Å². The summed E-state index contributed by atoms with van der Waals surface area (Å²) < 4.78 is 134. The van der Waals surface area contributed by atoms with Crippen molar-refractivity contribution in [2.75, 3.05) is 58.2 Å². The molecular weight excluding hydrogens is 1310 g/mol. The van der Waals surface area contributed by atoms with E-state index in [1.54, 1.807) is 32.0 Å². The molecule has 0 spiro atoms. The maximum absolute atomic E-state index is 14.2. The highest BCUT2D eigenvalue weighted by Gasteiger charge is 2.43. The first-order chi connectivity index (χ1) is 42.7. The number of hydrogen-bond donors (Lipinski definition) is 12. The maximum Gasteiger partial charge on any atom is 0.490 e. The van der Waals surface area contributed by atoms with Crippen LogP contribution in [-0.4, -0.2) is 154 Å². The Bertz CT molecular complexity index is 4060. The van der Waals surface area contributed by atoms with Crippen molar-refractivity contribution in [1.29, 1.82) is 0 Å². The first-order valence-electron chi connectivity index (χ1n) is 28.3. The molecule has 3 aromatic rings. The van der Waals surface area contributed by atoms with Crippen LogP contribution in [0.3, 0.4) is 0 Å². The number of anilines is 1. The second-order valence-electron chi connectivity index (χ2n) is 20.6. The Morgan fingerprint density at radius 3 is 2.08 bits per heavy atom. The fourth-order valence-corrected chi connectivity index (χ4v) is 14.3. The first-order valence-corrected chi connectivity index (χ1v) is 35.7. The lowest BCUT2D eigenvalue weighted by Crippen LogP contribution is -2.76. The minimum atomic E-state index is -5.80. The Labute approximate surface area is 520 Å². The molecule has 4 amide bonds. The summed E-state index contributed by atoms with van der Waals surface area (Å²) >= 11 is 0. The predicted molar refractivity (Wildman–Crippen MR) is 322 cm³/mol. The normalized spacial score (nSPS) is 17.0. The van der Waals surface area contributed by atoms with Crippen LogP contribution < -0.4 is 42.9 Å². The molecule has 91 heavy (non-hydrogen) atoms. The number of hydrogen-bond acceptors (Lipinski definition) is 21. The van der Waals surface area contributed by atoms with Crippen LogP contribution in [0.1, 0.15) is 107 Å². The topological polar surface area (TPSA) is 502 Å². The molecule has 2 unspecified atom stereocenters. The summed E-state index contributed by atoms with van der Waals surface area (Å²) in [5.41, 5.74) is -1.92. The zero-order valence-electron chi connectivity index (χ0n) is 49.3. The van der Waals surface area contributed by atoms with E-state index >= 15 is 0 Å². The second kappa shape index (κ2) is 32.3. The van der Waals surface area contributed by atoms with E-state index < -0.39 is 107 Å². The molecule has 1 saturated heterocycles. The fourth-order valence-electron chi connectivity index (χ4n) is 9.69. The monoisotopic (exact) mass is 1380 g/mol. The standard InChI is InChI=1S/C53H71N8O25P3S2/c1-4-54-38-24-22-36-46(37-23-25-39(55-5-2)50(91(79,80)81)48(37)84-47(36)49(38)90(76,77)78)34-17-10-11-18-35(34)52(67)60(3)29-15-21-44(65)57-27-13-6-8-19-42(63)56-26-12-7-9-20-43(64)58-28-14-16-33-31-61(53(68)59-51(33)66)45-30-40(62)41(83-45)32-82-88(72,73)86-89(74,75)85-87(69,70)71/h10-11,14,16-18,22-25,31,40-41,45,54,62H,4-9,12-13,15,19-21,26-30,32H2,1-3H3,(H,56,63)(H,57,65)(H,58,64)(H,72,73)(H,74,75)(H,59,66,68)(H2,69,70,71)(H,76,77,78)(H,79,80,81)/b16-14+,55-39?/t40-,41+,45+/m0/s1. The molecule has 0 radical (unpaired) electrons. The number of unbranched alkanes of at least 4 members (excludes halogenated alkanes) is 4. The average Bonchev–Trinajstić information content (AvgIpc) is 1.12. The highest BCUT2D eigenvalue weighted by atomic mass is 32.2. The van der Waals surface area contributed by atoms with Gasteiger partial charge in [-0.3, -0.25) is 42.6 Å². The average molecular weight is 1380 g/mol. The second-order valence-corrected chi connectivity index (χ2v) is 27.7. The van der Waals surface area contributed by atoms with E-state index in [0.717, 1.165) is 10.8 Å². The van der Waals surface area contributed by atoms with Crippen LogP contribution >= 0.6 is 23.5 Å². The van der Waals surface area contributed by atoms with Gasteiger partial charge in [-0.05, 0) is 75.8 Å². The summed E-state index contributed by atoms with van der Waals surface area (Å²) in [7, 11) is -25.8. The van der Waals surface area contributed by atoms with Crippen molar-refractivity contribution in [2.24, 2.45) is 0 Å². The highest BCUT2D eigenvalue weighted by Crippen LogP contribution is 2.66. The number of aliphatic hydroxyl groups excluding tert-OH is 1. The lowest BCUT2D eigenvalue weighted by atomic mass is 9.90. The fraction of sp³-hybridized carbons (Fsp3) is 0.453. The number of amides is 4. The SMILES string of the molecule is CCNc1ccc2c(-c3ccccc3C(=O)N(C)CCCC(=O)NCCCCCC(=O)NCCCCCC(=O)NC/C=C/c3cn([C@H]4C[C@H](O)[C@@H](COP(=O)(O)OP(=O)(O)OP(=O)(O)O)O4)c(=O)[nH]c3=O)c3ccc(=[NH+]CC)c(S(=O)(=O)O)c-3oc2c1S(=O)(=O)[O-]. The third kappa shape index (κ3) is 21.2. The number of nitrogens with zero attached hydrogens (tertiary/aromatic N) is 2. The van der Waals surface area contributed by atoms with Gasteiger partial charge in [0.05, 0.1) is 24.0 Å². The molecular formula is C53H71N8O25P3S2. The molecule has 3 aliphatic rings. The maximum atomic E-state index is 14.2. The molecule has 0 bridgehead atoms. The number of aromatic nitrogens is 2. The number of aromatic amines is 1. The Hall–Kier alpha value is -6.62. The number of carbonyl (C=O) groups is 4. The van der Waals surface area contributed by atoms with Crippen molar-refractivity contribution in [3.05, 3.63) is 98.1 Å². The van der Waals surface area contributed by atoms with Crippen molar-refractivity contribution in [3.63, 3.8) is 0 Å². The smallest absolute Gasteiger partial charge is 0.490 e. The van der Waals surface area contributed by atoms with Crippen LogP contribution in [0.15, 0.2) is 84.6 Å². The minimum Gasteiger partial charge on any atom is -0.744 e. The Morgan fingerprint density at radius 2 is 1.46 bits per heavy atom. The van der Waals surface area contributed by atoms with Crippen molar-refractivity contribution >= 4 is 90.1 Å². The number of fused-ring (bicyclic) bond motifs is 2. The van der Waals surface area contributed by atoms with Crippen molar-refractivity contribution in [3.8, 4) is 22.5 Å². The Kier molecular flexibility index (Phi) is 26.1. The van der Waals surface area contributed by atoms with Gasteiger partial charge in [0.2, 0.25) is 28.0 Å². The quantitative estimate of drug-likeness (QED) is 0.0121. The number of nitrogens with one attached hydrogen (secondary N) is 6. The van der Waals surface area contributed by atoms with Gasteiger partial charge in [-0.25, -0.2) is 31.9 Å². The van der Waals surface area contributed by atoms with Gasteiger partial charge in [0, 0.05) is 99.8 Å². The van der Waals surface area contributed by atoms with E-state index in [0.29, 0.717) is 51.6 Å². The number of rotatable bonds is 34. The van der Waals surface area contributed by atoms with Gasteiger partial charge in [0.25, 0.3) is 11.5 Å². The molecule has 33 nitrogen and oxygen atoms in total. The van der Waals surface area contributed by atoms with Gasteiger partial charge < -0.3 is 64.6 Å². The van der Waals surface area contributed by atoms with Crippen LogP contribution in [0.4, 0.5) is 5.69 Å². The van der Waals surface area contributed by atoms with E-state index in [9.17, 15) is 83.3 Å². The third-order valence-corrected chi connectivity index (χ3v) is 19.4. The summed E-state index contributed by atoms with van der Waals surface area (Å²) in [6.45, 7) is 3.65. The van der Waals surface area contributed by atoms with Crippen LogP contribution in [0.2, 0.25) is 0 Å². The molecule has 0 saturated carbocycles. The van der Waals surface area contributed by atoms with Crippen molar-refractivity contribution < 1.29 is 111 Å². The van der Waals surface area contributed by atoms with Gasteiger partial charge in [-0.2, -0.15) is 17.0 Å². The van der Waals surface area contributed by atoms with Gasteiger partial charge >= 0.3 is 39.3 Å². The summed E-state index contributed by atoms with van der Waals surface area (Å²) in [5.74, 6) is -1.68. The first kappa shape index (κ1) is 73.4. The highest BCUT2D eigenvalue weighted by molar-refractivity contribution is 7.86. The lowest BCUT2D eigenvalue weighted by Gasteiger charge is -2.23. The Morgan fingerprint density at radius 1 is 0.824 bits per heavy atom. The van der Waals surface area contributed by atoms with E-state index in [1.165, 1.54) is 54.4 Å². The number of ether oxygens (including phenoxy) is 1. The summed E-state index contributed by atoms with van der Waals surface area (Å²) in [6, 6.07) is 12.0. The van der Waals surface area contributed by atoms with Crippen LogP contribution in [0, 0.1) is 0 Å². The van der Waals surface area contributed by atoms with E-state index in [-0.39, 0.29) is 120 Å². The minimum absolute atomic E-state index is 0.00464. The third-order valence-electron chi connectivity index (χ3n) is 13.7. The van der Waals surface area contributed by atoms with Gasteiger partial charge in [0.1, 0.15) is 33.9 Å². The zero-order valence-corrected chi connectivity index (χ0v) is 53.6. The van der Waals surface area contributed by atoms with E-state index in [2.05, 4.69) is 44.4 Å². The number of phosphoric acid groups is 3. The molecule has 1 aliphatic carbocycles. The number of carbonyl (C=O) groups excluding carboxylic acids is 4. The predicted octanol–water partition coefficient (Wildman–Crippen LogP) is 1.67. The molecule has 38 heteroatoms. The number of phosphoric ester groups is 1. The molecule has 3 heterocycles. The van der Waals surface area contributed by atoms with Crippen molar-refractivity contribution in [2.45, 2.75) is 113 Å². The molecule has 6 rings (SSSR count). The van der Waals surface area contributed by atoms with Gasteiger partial charge in [-0.15, -0.1) is 0 Å². The largest absolute Gasteiger partial charge is 0.744 e. The molecule has 12 N–H and O–H groups in total. The summed E-state index contributed by atoms with van der Waals surface area (Å²) in [6.07, 6.45) is 3.69. The summed E-state index contributed by atoms with van der Waals surface area (Å²) in [4.78, 5) is 118. The molecule has 5 atom stereocenters. The van der Waals surface area contributed by atoms with E-state index in [4.69, 9.17) is 18.9 Å². The van der Waals surface area contributed by atoms with Gasteiger partial charge in [0.15, 0.2) is 11.3 Å². The van der Waals surface area contributed by atoms with Crippen LogP contribution in [-0.2, 0) is 66.2 Å².